The minimum absolute atomic E-state index is 0.150. The monoisotopic (exact) mass is 292 g/mol. The van der Waals surface area contributed by atoms with Gasteiger partial charge in [0.25, 0.3) is 5.91 Å². The predicted octanol–water partition coefficient (Wildman–Crippen LogP) is 3.00. The minimum atomic E-state index is -0.355. The van der Waals surface area contributed by atoms with Crippen molar-refractivity contribution in [2.75, 3.05) is 19.5 Å². The van der Waals surface area contributed by atoms with Crippen LogP contribution in [0.2, 0.25) is 5.15 Å². The van der Waals surface area contributed by atoms with E-state index < -0.39 is 0 Å². The van der Waals surface area contributed by atoms with Gasteiger partial charge in [0.05, 0.1) is 25.5 Å². The Bertz CT molecular complexity index is 632. The molecule has 1 N–H and O–H groups in total. The Balaban J connectivity index is 2.26. The molecule has 0 unspecified atom stereocenters. The molecule has 1 heterocycles. The van der Waals surface area contributed by atoms with Gasteiger partial charge in [0, 0.05) is 12.3 Å². The van der Waals surface area contributed by atoms with Crippen LogP contribution in [0.3, 0.4) is 0 Å². The molecule has 0 saturated carbocycles. The number of anilines is 1. The Labute approximate surface area is 121 Å². The lowest BCUT2D eigenvalue weighted by atomic mass is 10.2. The molecule has 0 aliphatic rings. The number of hydrogen-bond acceptors (Lipinski definition) is 4. The Morgan fingerprint density at radius 3 is 2.70 bits per heavy atom. The summed E-state index contributed by atoms with van der Waals surface area (Å²) in [5, 5.41) is 2.88. The van der Waals surface area contributed by atoms with E-state index in [1.807, 2.05) is 0 Å². The first-order valence-corrected chi connectivity index (χ1v) is 6.17. The molecule has 0 atom stereocenters. The molecule has 0 radical (unpaired) electrons. The van der Waals surface area contributed by atoms with Crippen LogP contribution in [0.15, 0.2) is 36.5 Å². The fraction of sp³-hybridized carbons (Fsp3) is 0.143. The van der Waals surface area contributed by atoms with Crippen molar-refractivity contribution in [3.8, 4) is 11.5 Å². The second-order valence-corrected chi connectivity index (χ2v) is 4.22. The molecule has 20 heavy (non-hydrogen) atoms. The van der Waals surface area contributed by atoms with Gasteiger partial charge in [-0.15, -0.1) is 0 Å². The van der Waals surface area contributed by atoms with Gasteiger partial charge >= 0.3 is 0 Å². The summed E-state index contributed by atoms with van der Waals surface area (Å²) in [5.41, 5.74) is 0.824. The summed E-state index contributed by atoms with van der Waals surface area (Å²) in [6.07, 6.45) is 1.52. The highest BCUT2D eigenvalue weighted by Gasteiger charge is 2.13. The van der Waals surface area contributed by atoms with Crippen molar-refractivity contribution in [3.63, 3.8) is 0 Å². The maximum absolute atomic E-state index is 12.1. The van der Waals surface area contributed by atoms with E-state index in [0.29, 0.717) is 22.7 Å². The van der Waals surface area contributed by atoms with Crippen molar-refractivity contribution >= 4 is 23.2 Å². The molecular formula is C14H13ClN2O3. The number of methoxy groups -OCH3 is 2. The maximum atomic E-state index is 12.1. The average molecular weight is 293 g/mol. The van der Waals surface area contributed by atoms with E-state index in [2.05, 4.69) is 10.3 Å². The van der Waals surface area contributed by atoms with Crippen molar-refractivity contribution in [1.29, 1.82) is 0 Å². The van der Waals surface area contributed by atoms with Crippen LogP contribution in [0, 0.1) is 0 Å². The minimum Gasteiger partial charge on any atom is -0.497 e. The van der Waals surface area contributed by atoms with Gasteiger partial charge in [0.15, 0.2) is 0 Å². The van der Waals surface area contributed by atoms with Crippen molar-refractivity contribution in [1.82, 2.24) is 4.98 Å². The number of ether oxygens (including phenoxy) is 2. The van der Waals surface area contributed by atoms with E-state index in [9.17, 15) is 4.79 Å². The highest BCUT2D eigenvalue weighted by atomic mass is 35.5. The molecule has 0 aliphatic carbocycles. The topological polar surface area (TPSA) is 60.5 Å². The Morgan fingerprint density at radius 1 is 1.25 bits per heavy atom. The number of carbonyl (C=O) groups is 1. The summed E-state index contributed by atoms with van der Waals surface area (Å²) < 4.78 is 10.3. The first kappa shape index (κ1) is 14.1. The van der Waals surface area contributed by atoms with Crippen LogP contribution in [0.4, 0.5) is 5.69 Å². The molecule has 1 aromatic heterocycles. The molecule has 0 aliphatic heterocycles. The van der Waals surface area contributed by atoms with Crippen molar-refractivity contribution in [3.05, 3.63) is 47.2 Å². The normalized spacial score (nSPS) is 9.95. The number of amides is 1. The molecule has 0 fully saturated rings. The number of halogens is 1. The summed E-state index contributed by atoms with van der Waals surface area (Å²) in [7, 11) is 3.07. The second kappa shape index (κ2) is 6.25. The van der Waals surface area contributed by atoms with E-state index in [4.69, 9.17) is 21.1 Å². The van der Waals surface area contributed by atoms with Crippen LogP contribution in [-0.2, 0) is 0 Å². The molecule has 1 aromatic carbocycles. The molecule has 0 bridgehead atoms. The Morgan fingerprint density at radius 2 is 2.05 bits per heavy atom. The lowest BCUT2D eigenvalue weighted by molar-refractivity contribution is 0.102. The standard InChI is InChI=1S/C14H13ClN2O3/c1-19-9-5-6-11(12(8-9)20-2)17-14(18)10-4-3-7-16-13(10)15/h3-8H,1-2H3,(H,17,18). The maximum Gasteiger partial charge on any atom is 0.258 e. The predicted molar refractivity (Wildman–Crippen MR) is 76.7 cm³/mol. The molecule has 2 aromatic rings. The Kier molecular flexibility index (Phi) is 4.42. The zero-order valence-corrected chi connectivity index (χ0v) is 11.8. The number of pyridine rings is 1. The summed E-state index contributed by atoms with van der Waals surface area (Å²) in [6.45, 7) is 0. The lowest BCUT2D eigenvalue weighted by Crippen LogP contribution is -2.13. The molecule has 5 nitrogen and oxygen atoms in total. The molecule has 0 saturated heterocycles. The number of nitrogens with one attached hydrogen (secondary N) is 1. The number of hydrogen-bond donors (Lipinski definition) is 1. The molecule has 2 rings (SSSR count). The van der Waals surface area contributed by atoms with E-state index in [0.717, 1.165) is 0 Å². The van der Waals surface area contributed by atoms with Crippen LogP contribution >= 0.6 is 11.6 Å². The number of carbonyl (C=O) groups excluding carboxylic acids is 1. The third-order valence-electron chi connectivity index (χ3n) is 2.66. The van der Waals surface area contributed by atoms with Crippen molar-refractivity contribution in [2.24, 2.45) is 0 Å². The highest BCUT2D eigenvalue weighted by Crippen LogP contribution is 2.29. The average Bonchev–Trinajstić information content (AvgIpc) is 2.48. The molecule has 104 valence electrons. The molecule has 6 heteroatoms. The van der Waals surface area contributed by atoms with E-state index in [-0.39, 0.29) is 11.1 Å². The van der Waals surface area contributed by atoms with Crippen molar-refractivity contribution in [2.45, 2.75) is 0 Å². The van der Waals surface area contributed by atoms with E-state index >= 15 is 0 Å². The Hall–Kier alpha value is -2.27. The van der Waals surface area contributed by atoms with Crippen LogP contribution in [0.1, 0.15) is 10.4 Å². The molecule has 0 spiro atoms. The van der Waals surface area contributed by atoms with Crippen LogP contribution in [-0.4, -0.2) is 25.1 Å². The van der Waals surface area contributed by atoms with Crippen molar-refractivity contribution < 1.29 is 14.3 Å². The highest BCUT2D eigenvalue weighted by molar-refractivity contribution is 6.33. The van der Waals surface area contributed by atoms with E-state index in [1.54, 1.807) is 37.4 Å². The van der Waals surface area contributed by atoms with Crippen LogP contribution < -0.4 is 14.8 Å². The smallest absolute Gasteiger partial charge is 0.258 e. The fourth-order valence-corrected chi connectivity index (χ4v) is 1.85. The third kappa shape index (κ3) is 3.00. The van der Waals surface area contributed by atoms with Gasteiger partial charge in [-0.3, -0.25) is 4.79 Å². The molecular weight excluding hydrogens is 280 g/mol. The van der Waals surface area contributed by atoms with Gasteiger partial charge in [-0.05, 0) is 24.3 Å². The zero-order chi connectivity index (χ0) is 14.5. The van der Waals surface area contributed by atoms with Crippen LogP contribution in [0.25, 0.3) is 0 Å². The number of nitrogens with zero attached hydrogens (tertiary/aromatic N) is 1. The summed E-state index contributed by atoms with van der Waals surface area (Å²) in [6, 6.07) is 8.34. The first-order valence-electron chi connectivity index (χ1n) is 5.79. The largest absolute Gasteiger partial charge is 0.497 e. The van der Waals surface area contributed by atoms with Gasteiger partial charge < -0.3 is 14.8 Å². The number of rotatable bonds is 4. The summed E-state index contributed by atoms with van der Waals surface area (Å²) >= 11 is 5.88. The van der Waals surface area contributed by atoms with Gasteiger partial charge in [0.2, 0.25) is 0 Å². The van der Waals surface area contributed by atoms with Gasteiger partial charge in [0.1, 0.15) is 16.7 Å². The summed E-state index contributed by atoms with van der Waals surface area (Å²) in [5.74, 6) is 0.781. The van der Waals surface area contributed by atoms with Gasteiger partial charge in [-0.25, -0.2) is 4.98 Å². The van der Waals surface area contributed by atoms with Gasteiger partial charge in [-0.1, -0.05) is 11.6 Å². The number of aromatic nitrogens is 1. The fourth-order valence-electron chi connectivity index (χ4n) is 1.65. The quantitative estimate of drug-likeness (QED) is 0.880. The SMILES string of the molecule is COc1ccc(NC(=O)c2cccnc2Cl)c(OC)c1. The lowest BCUT2D eigenvalue weighted by Gasteiger charge is -2.11. The molecule has 1 amide bonds. The zero-order valence-electron chi connectivity index (χ0n) is 11.0. The second-order valence-electron chi connectivity index (χ2n) is 3.86. The first-order chi connectivity index (χ1) is 9.65. The summed E-state index contributed by atoms with van der Waals surface area (Å²) in [4.78, 5) is 16.0. The number of benzene rings is 1. The van der Waals surface area contributed by atoms with E-state index in [1.165, 1.54) is 13.3 Å². The van der Waals surface area contributed by atoms with Gasteiger partial charge in [-0.2, -0.15) is 0 Å². The van der Waals surface area contributed by atoms with Crippen LogP contribution in [0.5, 0.6) is 11.5 Å². The third-order valence-corrected chi connectivity index (χ3v) is 2.96.